The molecule has 2 heterocycles. The lowest BCUT2D eigenvalue weighted by molar-refractivity contribution is -0.110. The van der Waals surface area contributed by atoms with Crippen LogP contribution in [0.3, 0.4) is 0 Å². The zero-order chi connectivity index (χ0) is 28.2. The van der Waals surface area contributed by atoms with Gasteiger partial charge < -0.3 is 20.5 Å². The Bertz CT molecular complexity index is 1560. The number of anilines is 1. The number of hydrogen-bond donors (Lipinski definition) is 3. The Hall–Kier alpha value is -4.42. The van der Waals surface area contributed by atoms with Gasteiger partial charge in [-0.2, -0.15) is 0 Å². The Morgan fingerprint density at radius 2 is 1.55 bits per heavy atom. The first-order chi connectivity index (χ1) is 19.4. The molecule has 0 spiro atoms. The number of hydrogen-bond acceptors (Lipinski definition) is 3. The van der Waals surface area contributed by atoms with Crippen molar-refractivity contribution in [3.05, 3.63) is 101 Å². The van der Waals surface area contributed by atoms with Crippen LogP contribution >= 0.6 is 0 Å². The summed E-state index contributed by atoms with van der Waals surface area (Å²) < 4.78 is 0. The summed E-state index contributed by atoms with van der Waals surface area (Å²) in [7, 11) is 0. The van der Waals surface area contributed by atoms with E-state index in [1.165, 1.54) is 0 Å². The van der Waals surface area contributed by atoms with Crippen LogP contribution in [0.5, 0.6) is 0 Å². The highest BCUT2D eigenvalue weighted by Crippen LogP contribution is 2.41. The van der Waals surface area contributed by atoms with Crippen molar-refractivity contribution >= 4 is 29.2 Å². The van der Waals surface area contributed by atoms with Gasteiger partial charge >= 0.3 is 0 Å². The molecule has 204 valence electrons. The maximum atomic E-state index is 13.2. The third-order valence-corrected chi connectivity index (χ3v) is 7.73. The molecule has 0 aliphatic carbocycles. The average Bonchev–Trinajstić information content (AvgIpc) is 3.45. The third-order valence-electron chi connectivity index (χ3n) is 7.73. The number of carbonyl (C=O) groups excluding carboxylic acids is 2. The van der Waals surface area contributed by atoms with E-state index in [0.29, 0.717) is 17.7 Å². The van der Waals surface area contributed by atoms with Crippen LogP contribution in [0.1, 0.15) is 46.7 Å². The molecule has 1 aromatic heterocycles. The lowest BCUT2D eigenvalue weighted by Crippen LogP contribution is -2.35. The summed E-state index contributed by atoms with van der Waals surface area (Å²) in [5.74, 6) is -0.251. The summed E-state index contributed by atoms with van der Waals surface area (Å²) in [6.07, 6.45) is 1.87. The maximum Gasteiger partial charge on any atom is 0.256 e. The van der Waals surface area contributed by atoms with Gasteiger partial charge in [0.15, 0.2) is 0 Å². The second kappa shape index (κ2) is 11.8. The largest absolute Gasteiger partial charge is 0.358 e. The van der Waals surface area contributed by atoms with Gasteiger partial charge in [-0.3, -0.25) is 9.59 Å². The number of aryl methyl sites for hydroxylation is 1. The minimum Gasteiger partial charge on any atom is -0.358 e. The topological polar surface area (TPSA) is 77.2 Å². The summed E-state index contributed by atoms with van der Waals surface area (Å²) >= 11 is 0. The van der Waals surface area contributed by atoms with Gasteiger partial charge in [-0.15, -0.1) is 0 Å². The first-order valence-corrected chi connectivity index (χ1v) is 13.9. The third kappa shape index (κ3) is 5.36. The molecular formula is C34H36N4O2. The second-order valence-corrected chi connectivity index (χ2v) is 10.1. The highest BCUT2D eigenvalue weighted by atomic mass is 16.2. The van der Waals surface area contributed by atoms with Gasteiger partial charge in [0.1, 0.15) is 0 Å². The fourth-order valence-electron chi connectivity index (χ4n) is 5.46. The van der Waals surface area contributed by atoms with E-state index in [9.17, 15) is 9.59 Å². The molecule has 1 aliphatic heterocycles. The Labute approximate surface area is 236 Å². The molecule has 3 N–H and O–H groups in total. The van der Waals surface area contributed by atoms with Crippen molar-refractivity contribution in [2.45, 2.75) is 27.7 Å². The fraction of sp³-hybridized carbons (Fsp3) is 0.235. The number of aromatic nitrogens is 1. The molecule has 0 bridgehead atoms. The van der Waals surface area contributed by atoms with E-state index in [1.807, 2.05) is 56.3 Å². The van der Waals surface area contributed by atoms with Gasteiger partial charge in [0.25, 0.3) is 11.8 Å². The molecule has 5 rings (SSSR count). The van der Waals surface area contributed by atoms with Crippen molar-refractivity contribution < 1.29 is 9.59 Å². The van der Waals surface area contributed by atoms with Crippen molar-refractivity contribution in [3.8, 4) is 22.3 Å². The van der Waals surface area contributed by atoms with E-state index >= 15 is 0 Å². The van der Waals surface area contributed by atoms with E-state index in [0.717, 1.165) is 70.1 Å². The predicted molar refractivity (Wildman–Crippen MR) is 164 cm³/mol. The number of aromatic amines is 1. The zero-order valence-corrected chi connectivity index (χ0v) is 23.6. The number of nitrogens with zero attached hydrogens (tertiary/aromatic N) is 1. The second-order valence-electron chi connectivity index (χ2n) is 10.1. The van der Waals surface area contributed by atoms with Crippen LogP contribution in [0.15, 0.2) is 72.8 Å². The number of amides is 2. The van der Waals surface area contributed by atoms with Gasteiger partial charge in [-0.05, 0) is 66.9 Å². The van der Waals surface area contributed by atoms with Crippen molar-refractivity contribution in [3.63, 3.8) is 0 Å². The summed E-state index contributed by atoms with van der Waals surface area (Å²) in [5.41, 5.74) is 9.57. The van der Waals surface area contributed by atoms with Crippen molar-refractivity contribution in [2.75, 3.05) is 31.5 Å². The van der Waals surface area contributed by atoms with Crippen LogP contribution in [0, 0.1) is 13.8 Å². The monoisotopic (exact) mass is 532 g/mol. The molecule has 1 aliphatic rings. The highest BCUT2D eigenvalue weighted by Gasteiger charge is 2.28. The van der Waals surface area contributed by atoms with Crippen molar-refractivity contribution in [1.82, 2.24) is 15.2 Å². The van der Waals surface area contributed by atoms with Crippen molar-refractivity contribution in [1.29, 1.82) is 0 Å². The molecule has 2 amide bonds. The molecule has 0 saturated heterocycles. The van der Waals surface area contributed by atoms with E-state index in [4.69, 9.17) is 0 Å². The molecule has 0 fully saturated rings. The van der Waals surface area contributed by atoms with Crippen molar-refractivity contribution in [2.24, 2.45) is 0 Å². The smallest absolute Gasteiger partial charge is 0.256 e. The minimum atomic E-state index is -0.153. The Morgan fingerprint density at radius 1 is 0.875 bits per heavy atom. The number of H-pyrrole nitrogens is 1. The molecular weight excluding hydrogens is 496 g/mol. The maximum absolute atomic E-state index is 13.2. The van der Waals surface area contributed by atoms with Crippen LogP contribution in [-0.2, 0) is 4.79 Å². The Kier molecular flexibility index (Phi) is 7.99. The molecule has 40 heavy (non-hydrogen) atoms. The van der Waals surface area contributed by atoms with E-state index < -0.39 is 0 Å². The number of carbonyl (C=O) groups is 2. The predicted octanol–water partition coefficient (Wildman–Crippen LogP) is 6.53. The number of likely N-dealkylation sites (N-methyl/N-ethyl adjacent to an activating group) is 1. The number of nitrogens with one attached hydrogen (secondary N) is 3. The normalized spacial score (nSPS) is 13.5. The molecule has 6 nitrogen and oxygen atoms in total. The van der Waals surface area contributed by atoms with Gasteiger partial charge in [-0.25, -0.2) is 0 Å². The van der Waals surface area contributed by atoms with Crippen LogP contribution in [-0.4, -0.2) is 47.9 Å². The number of rotatable bonds is 9. The van der Waals surface area contributed by atoms with Crippen LogP contribution in [0.25, 0.3) is 33.9 Å². The minimum absolute atomic E-state index is 0.0986. The summed E-state index contributed by atoms with van der Waals surface area (Å²) in [5, 5.41) is 6.08. The van der Waals surface area contributed by atoms with Gasteiger partial charge in [0.2, 0.25) is 0 Å². The van der Waals surface area contributed by atoms with E-state index in [2.05, 4.69) is 70.8 Å². The highest BCUT2D eigenvalue weighted by molar-refractivity contribution is 6.36. The standard InChI is InChI=1S/C34H36N4O2/c1-5-38(6-2)20-19-35-34(40)31-22(3)30(36-23(31)4)21-28-32-27(13-10-14-29(32)37-33(28)39)26-17-15-25(16-18-26)24-11-8-7-9-12-24/h7-18,21,36H,5-6,19-20H2,1-4H3,(H,35,40)(H,37,39)/b28-21-. The molecule has 0 atom stereocenters. The fourth-order valence-corrected chi connectivity index (χ4v) is 5.46. The first-order valence-electron chi connectivity index (χ1n) is 13.9. The van der Waals surface area contributed by atoms with Crippen LogP contribution in [0.2, 0.25) is 0 Å². The van der Waals surface area contributed by atoms with Gasteiger partial charge in [0, 0.05) is 35.7 Å². The number of benzene rings is 3. The molecule has 6 heteroatoms. The van der Waals surface area contributed by atoms with Gasteiger partial charge in [-0.1, -0.05) is 80.6 Å². The number of fused-ring (bicyclic) bond motifs is 1. The van der Waals surface area contributed by atoms with Crippen LogP contribution in [0.4, 0.5) is 5.69 Å². The van der Waals surface area contributed by atoms with E-state index in [1.54, 1.807) is 0 Å². The lowest BCUT2D eigenvalue weighted by Gasteiger charge is -2.18. The Morgan fingerprint density at radius 3 is 2.25 bits per heavy atom. The SMILES string of the molecule is CCN(CC)CCNC(=O)c1c(C)[nH]c(/C=C2\C(=O)Nc3cccc(-c4ccc(-c5ccccc5)cc4)c32)c1C. The molecule has 3 aromatic carbocycles. The summed E-state index contributed by atoms with van der Waals surface area (Å²) in [6, 6.07) is 24.6. The average molecular weight is 533 g/mol. The van der Waals surface area contributed by atoms with Gasteiger partial charge in [0.05, 0.1) is 11.1 Å². The Balaban J connectivity index is 1.45. The molecule has 4 aromatic rings. The van der Waals surface area contributed by atoms with Crippen LogP contribution < -0.4 is 10.6 Å². The molecule has 0 radical (unpaired) electrons. The zero-order valence-electron chi connectivity index (χ0n) is 23.6. The quantitative estimate of drug-likeness (QED) is 0.215. The summed E-state index contributed by atoms with van der Waals surface area (Å²) in [4.78, 5) is 31.9. The first kappa shape index (κ1) is 27.2. The van der Waals surface area contributed by atoms with E-state index in [-0.39, 0.29) is 11.8 Å². The lowest BCUT2D eigenvalue weighted by atomic mass is 9.93. The molecule has 0 unspecified atom stereocenters. The summed E-state index contributed by atoms with van der Waals surface area (Å²) in [6.45, 7) is 11.4. The molecule has 0 saturated carbocycles.